The van der Waals surface area contributed by atoms with Crippen LogP contribution in [0.3, 0.4) is 0 Å². The molecule has 0 aliphatic heterocycles. The predicted octanol–water partition coefficient (Wildman–Crippen LogP) is 3.67. The fraction of sp³-hybridized carbons (Fsp3) is 0.917. The molecule has 1 unspecified atom stereocenters. The zero-order chi connectivity index (χ0) is 10.4. The summed E-state index contributed by atoms with van der Waals surface area (Å²) in [4.78, 5) is 11.6. The van der Waals surface area contributed by atoms with E-state index in [0.717, 1.165) is 17.4 Å². The first-order valence-electron chi connectivity index (χ1n) is 5.88. The van der Waals surface area contributed by atoms with Crippen LogP contribution in [-0.2, 0) is 4.79 Å². The van der Waals surface area contributed by atoms with E-state index < -0.39 is 0 Å². The molecule has 0 amide bonds. The Balaban J connectivity index is 2.15. The highest BCUT2D eigenvalue weighted by atomic mass is 32.2. The second-order valence-electron chi connectivity index (χ2n) is 4.35. The van der Waals surface area contributed by atoms with E-state index in [1.807, 2.05) is 18.7 Å². The van der Waals surface area contributed by atoms with Crippen molar-refractivity contribution in [2.24, 2.45) is 5.92 Å². The summed E-state index contributed by atoms with van der Waals surface area (Å²) in [5, 5.41) is 0.775. The van der Waals surface area contributed by atoms with Crippen LogP contribution in [0.15, 0.2) is 0 Å². The minimum absolute atomic E-state index is 0.270. The fourth-order valence-electron chi connectivity index (χ4n) is 1.80. The Morgan fingerprint density at radius 1 is 1.36 bits per heavy atom. The highest BCUT2D eigenvalue weighted by molar-refractivity contribution is 8.00. The molecule has 1 aliphatic rings. The Hall–Kier alpha value is 0.0200. The maximum Gasteiger partial charge on any atom is 0.145 e. The van der Waals surface area contributed by atoms with Gasteiger partial charge in [-0.3, -0.25) is 4.79 Å². The van der Waals surface area contributed by atoms with Gasteiger partial charge < -0.3 is 0 Å². The zero-order valence-corrected chi connectivity index (χ0v) is 10.2. The van der Waals surface area contributed by atoms with Crippen LogP contribution < -0.4 is 0 Å². The molecule has 1 saturated carbocycles. The van der Waals surface area contributed by atoms with Crippen LogP contribution >= 0.6 is 11.8 Å². The van der Waals surface area contributed by atoms with E-state index in [9.17, 15) is 4.79 Å². The second-order valence-corrected chi connectivity index (χ2v) is 5.64. The lowest BCUT2D eigenvalue weighted by Gasteiger charge is -2.21. The number of carbonyl (C=O) groups is 1. The molecule has 0 N–H and O–H groups in total. The average molecular weight is 214 g/mol. The molecule has 1 aliphatic carbocycles. The fourth-order valence-corrected chi connectivity index (χ4v) is 3.15. The monoisotopic (exact) mass is 214 g/mol. The molecule has 0 heterocycles. The van der Waals surface area contributed by atoms with Crippen LogP contribution in [0, 0.1) is 5.92 Å². The van der Waals surface area contributed by atoms with Gasteiger partial charge in [-0.15, -0.1) is 0 Å². The van der Waals surface area contributed by atoms with Crippen LogP contribution in [0.5, 0.6) is 0 Å². The van der Waals surface area contributed by atoms with Crippen LogP contribution in [0.4, 0.5) is 0 Å². The van der Waals surface area contributed by atoms with Gasteiger partial charge in [0.1, 0.15) is 5.78 Å². The summed E-state index contributed by atoms with van der Waals surface area (Å²) in [6.45, 7) is 4.14. The molecule has 0 aromatic rings. The number of carbonyl (C=O) groups excluding carboxylic acids is 1. The third-order valence-corrected chi connectivity index (χ3v) is 4.57. The summed E-state index contributed by atoms with van der Waals surface area (Å²) in [7, 11) is 0. The largest absolute Gasteiger partial charge is 0.298 e. The first-order chi connectivity index (χ1) is 6.74. The first-order valence-corrected chi connectivity index (χ1v) is 6.93. The van der Waals surface area contributed by atoms with Crippen LogP contribution in [0.25, 0.3) is 0 Å². The van der Waals surface area contributed by atoms with Gasteiger partial charge in [0.2, 0.25) is 0 Å². The molecule has 1 fully saturated rings. The molecule has 14 heavy (non-hydrogen) atoms. The molecule has 0 spiro atoms. The molecule has 0 radical (unpaired) electrons. The van der Waals surface area contributed by atoms with Crippen molar-refractivity contribution in [3.05, 3.63) is 0 Å². The minimum atomic E-state index is 0.270. The quantitative estimate of drug-likeness (QED) is 0.694. The van der Waals surface area contributed by atoms with Crippen LogP contribution in [-0.4, -0.2) is 16.8 Å². The summed E-state index contributed by atoms with van der Waals surface area (Å²) in [5.74, 6) is 1.47. The van der Waals surface area contributed by atoms with Gasteiger partial charge in [-0.25, -0.2) is 0 Å². The Bertz CT molecular complexity index is 173. The van der Waals surface area contributed by atoms with Gasteiger partial charge in [0, 0.05) is 11.2 Å². The summed E-state index contributed by atoms with van der Waals surface area (Å²) < 4.78 is 0. The molecule has 82 valence electrons. The van der Waals surface area contributed by atoms with Crippen molar-refractivity contribution in [2.75, 3.05) is 5.75 Å². The SMILES string of the molecule is CCC(C)C(=O)CSC1CCCCC1. The first kappa shape index (κ1) is 12.1. The maximum atomic E-state index is 11.6. The normalized spacial score (nSPS) is 20.7. The van der Waals surface area contributed by atoms with Gasteiger partial charge in [-0.05, 0) is 19.3 Å². The van der Waals surface area contributed by atoms with E-state index in [-0.39, 0.29) is 5.92 Å². The standard InChI is InChI=1S/C12H22OS/c1-3-10(2)12(13)9-14-11-7-5-4-6-8-11/h10-11H,3-9H2,1-2H3. The van der Waals surface area contributed by atoms with Crippen molar-refractivity contribution in [3.8, 4) is 0 Å². The number of thioether (sulfide) groups is 1. The van der Waals surface area contributed by atoms with Gasteiger partial charge in [0.15, 0.2) is 0 Å². The molecule has 1 atom stereocenters. The summed E-state index contributed by atoms with van der Waals surface area (Å²) >= 11 is 1.90. The summed E-state index contributed by atoms with van der Waals surface area (Å²) in [5.41, 5.74) is 0. The smallest absolute Gasteiger partial charge is 0.145 e. The van der Waals surface area contributed by atoms with Gasteiger partial charge in [-0.2, -0.15) is 11.8 Å². The lowest BCUT2D eigenvalue weighted by Crippen LogP contribution is -2.16. The summed E-state index contributed by atoms with van der Waals surface area (Å²) in [6, 6.07) is 0. The third-order valence-electron chi connectivity index (χ3n) is 3.18. The zero-order valence-electron chi connectivity index (χ0n) is 9.42. The molecule has 0 bridgehead atoms. The van der Waals surface area contributed by atoms with Gasteiger partial charge in [-0.1, -0.05) is 33.1 Å². The molecule has 2 heteroatoms. The summed E-state index contributed by atoms with van der Waals surface area (Å²) in [6.07, 6.45) is 7.79. The van der Waals surface area contributed by atoms with E-state index in [4.69, 9.17) is 0 Å². The lowest BCUT2D eigenvalue weighted by molar-refractivity contribution is -0.119. The Morgan fingerprint density at radius 2 is 2.00 bits per heavy atom. The Morgan fingerprint density at radius 3 is 2.57 bits per heavy atom. The molecule has 1 rings (SSSR count). The minimum Gasteiger partial charge on any atom is -0.298 e. The number of rotatable bonds is 5. The molecular formula is C12H22OS. The van der Waals surface area contributed by atoms with E-state index in [1.165, 1.54) is 32.1 Å². The van der Waals surface area contributed by atoms with E-state index in [0.29, 0.717) is 5.78 Å². The number of hydrogen-bond acceptors (Lipinski definition) is 2. The highest BCUT2D eigenvalue weighted by Crippen LogP contribution is 2.28. The van der Waals surface area contributed by atoms with Crippen molar-refractivity contribution in [3.63, 3.8) is 0 Å². The van der Waals surface area contributed by atoms with Crippen molar-refractivity contribution >= 4 is 17.5 Å². The molecule has 0 aromatic carbocycles. The molecule has 0 saturated heterocycles. The van der Waals surface area contributed by atoms with Crippen molar-refractivity contribution in [1.29, 1.82) is 0 Å². The Labute approximate surface area is 92.0 Å². The molecule has 1 nitrogen and oxygen atoms in total. The average Bonchev–Trinajstić information content (AvgIpc) is 2.26. The van der Waals surface area contributed by atoms with Crippen molar-refractivity contribution in [1.82, 2.24) is 0 Å². The Kier molecular flexibility index (Phi) is 5.61. The molecule has 0 aromatic heterocycles. The van der Waals surface area contributed by atoms with Crippen molar-refractivity contribution in [2.45, 2.75) is 57.6 Å². The van der Waals surface area contributed by atoms with Crippen LogP contribution in [0.2, 0.25) is 0 Å². The van der Waals surface area contributed by atoms with Crippen molar-refractivity contribution < 1.29 is 4.79 Å². The highest BCUT2D eigenvalue weighted by Gasteiger charge is 2.17. The van der Waals surface area contributed by atoms with E-state index >= 15 is 0 Å². The van der Waals surface area contributed by atoms with Gasteiger partial charge in [0.05, 0.1) is 5.75 Å². The number of ketones is 1. The van der Waals surface area contributed by atoms with Crippen LogP contribution in [0.1, 0.15) is 52.4 Å². The number of Topliss-reactive ketones (excluding diaryl/α,β-unsaturated/α-hetero) is 1. The third kappa shape index (κ3) is 4.04. The van der Waals surface area contributed by atoms with E-state index in [1.54, 1.807) is 0 Å². The van der Waals surface area contributed by atoms with Gasteiger partial charge in [0.25, 0.3) is 0 Å². The second kappa shape index (κ2) is 6.49. The number of hydrogen-bond donors (Lipinski definition) is 0. The topological polar surface area (TPSA) is 17.1 Å². The van der Waals surface area contributed by atoms with Gasteiger partial charge >= 0.3 is 0 Å². The molecular weight excluding hydrogens is 192 g/mol. The van der Waals surface area contributed by atoms with E-state index in [2.05, 4.69) is 6.92 Å². The predicted molar refractivity (Wildman–Crippen MR) is 63.8 cm³/mol. The lowest BCUT2D eigenvalue weighted by atomic mass is 10.0. The maximum absolute atomic E-state index is 11.6.